The van der Waals surface area contributed by atoms with E-state index in [1.165, 1.54) is 50.5 Å². The van der Waals surface area contributed by atoms with E-state index >= 15 is 0 Å². The Morgan fingerprint density at radius 2 is 2.00 bits per heavy atom. The number of ketones is 1. The first kappa shape index (κ1) is 14.5. The first-order valence-electron chi connectivity index (χ1n) is 9.20. The molecular weight excluding hydrogens is 268 g/mol. The first-order chi connectivity index (χ1) is 10.6. The van der Waals surface area contributed by atoms with E-state index in [1.807, 2.05) is 6.08 Å². The van der Waals surface area contributed by atoms with Gasteiger partial charge in [-0.1, -0.05) is 38.5 Å². The van der Waals surface area contributed by atoms with E-state index in [-0.39, 0.29) is 5.78 Å². The van der Waals surface area contributed by atoms with Crippen molar-refractivity contribution in [3.05, 3.63) is 36.0 Å². The molecule has 22 heavy (non-hydrogen) atoms. The summed E-state index contributed by atoms with van der Waals surface area (Å²) in [6, 6.07) is 0. The van der Waals surface area contributed by atoms with E-state index < -0.39 is 0 Å². The molecule has 3 fully saturated rings. The maximum Gasteiger partial charge on any atom is 0.185 e. The van der Waals surface area contributed by atoms with Gasteiger partial charge < -0.3 is 0 Å². The molecular formula is C21H28O. The van der Waals surface area contributed by atoms with Crippen molar-refractivity contribution in [1.29, 1.82) is 0 Å². The van der Waals surface area contributed by atoms with Crippen molar-refractivity contribution in [3.8, 4) is 0 Å². The number of rotatable bonds is 1. The number of hydrogen-bond donors (Lipinski definition) is 0. The second-order valence-electron chi connectivity index (χ2n) is 8.18. The Bertz CT molecular complexity index is 581. The highest BCUT2D eigenvalue weighted by molar-refractivity contribution is 6.08. The smallest absolute Gasteiger partial charge is 0.185 e. The molecule has 118 valence electrons. The molecule has 0 bridgehead atoms. The molecule has 0 saturated heterocycles. The van der Waals surface area contributed by atoms with Gasteiger partial charge in [0.1, 0.15) is 0 Å². The molecule has 0 heterocycles. The molecule has 4 aliphatic rings. The van der Waals surface area contributed by atoms with E-state index in [9.17, 15) is 4.79 Å². The van der Waals surface area contributed by atoms with Crippen LogP contribution in [0, 0.1) is 29.1 Å². The highest BCUT2D eigenvalue weighted by Gasteiger charge is 2.54. The summed E-state index contributed by atoms with van der Waals surface area (Å²) in [5.41, 5.74) is 3.73. The van der Waals surface area contributed by atoms with Crippen LogP contribution in [0.3, 0.4) is 0 Å². The maximum atomic E-state index is 12.1. The van der Waals surface area contributed by atoms with Crippen LogP contribution in [0.1, 0.15) is 58.3 Å². The van der Waals surface area contributed by atoms with Crippen LogP contribution in [0.15, 0.2) is 36.0 Å². The predicted molar refractivity (Wildman–Crippen MR) is 90.4 cm³/mol. The van der Waals surface area contributed by atoms with Crippen molar-refractivity contribution in [3.63, 3.8) is 0 Å². The maximum absolute atomic E-state index is 12.1. The van der Waals surface area contributed by atoms with Crippen LogP contribution < -0.4 is 0 Å². The van der Waals surface area contributed by atoms with Crippen molar-refractivity contribution in [2.24, 2.45) is 29.1 Å². The van der Waals surface area contributed by atoms with Gasteiger partial charge in [-0.3, -0.25) is 4.79 Å². The number of allylic oxidation sites excluding steroid dienone is 3. The molecule has 1 nitrogen and oxygen atoms in total. The van der Waals surface area contributed by atoms with Crippen LogP contribution in [0.4, 0.5) is 0 Å². The lowest BCUT2D eigenvalue weighted by atomic mass is 9.51. The third-order valence-electron chi connectivity index (χ3n) is 7.69. The molecule has 0 aromatic carbocycles. The van der Waals surface area contributed by atoms with E-state index in [4.69, 9.17) is 0 Å². The Morgan fingerprint density at radius 3 is 2.77 bits per heavy atom. The average molecular weight is 296 g/mol. The lowest BCUT2D eigenvalue weighted by molar-refractivity contribution is -0.111. The zero-order valence-corrected chi connectivity index (χ0v) is 13.9. The first-order valence-corrected chi connectivity index (χ1v) is 9.20. The Labute approximate surface area is 134 Å². The van der Waals surface area contributed by atoms with Crippen LogP contribution in [0.5, 0.6) is 0 Å². The van der Waals surface area contributed by atoms with Gasteiger partial charge >= 0.3 is 0 Å². The topological polar surface area (TPSA) is 17.1 Å². The summed E-state index contributed by atoms with van der Waals surface area (Å²) in [7, 11) is 0. The Balaban J connectivity index is 1.70. The minimum absolute atomic E-state index is 0.106. The molecule has 0 aromatic heterocycles. The molecule has 3 saturated carbocycles. The number of fused-ring (bicyclic) bond motifs is 5. The SMILES string of the molecule is C=C1C(=C)[C@H]2C(=CC1=O)CC[C@@H]1[C@@H]2CC[C@]2(CC)CCC[C@@H]12. The van der Waals surface area contributed by atoms with Gasteiger partial charge in [0, 0.05) is 11.5 Å². The molecule has 0 amide bonds. The molecule has 0 aliphatic heterocycles. The van der Waals surface area contributed by atoms with Crippen LogP contribution in [-0.2, 0) is 4.79 Å². The van der Waals surface area contributed by atoms with Crippen LogP contribution in [0.25, 0.3) is 0 Å². The fourth-order valence-corrected chi connectivity index (χ4v) is 6.57. The molecule has 5 atom stereocenters. The lowest BCUT2D eigenvalue weighted by Crippen LogP contribution is -2.46. The van der Waals surface area contributed by atoms with E-state index in [1.54, 1.807) is 0 Å². The third kappa shape index (κ3) is 1.80. The van der Waals surface area contributed by atoms with Gasteiger partial charge in [-0.25, -0.2) is 0 Å². The standard InChI is InChI=1S/C21H28O/c1-4-21-10-5-6-18(21)16-8-7-15-12-19(22)13(2)14(3)20(15)17(16)9-11-21/h12,16-18,20H,2-11H2,1H3/t16-,17+,18+,20+,21+/m1/s1. The van der Waals surface area contributed by atoms with E-state index in [2.05, 4.69) is 20.1 Å². The minimum atomic E-state index is 0.106. The Morgan fingerprint density at radius 1 is 1.18 bits per heavy atom. The summed E-state index contributed by atoms with van der Waals surface area (Å²) in [5.74, 6) is 3.04. The summed E-state index contributed by atoms with van der Waals surface area (Å²) in [6.07, 6.45) is 12.7. The Kier molecular flexibility index (Phi) is 3.25. The molecule has 0 N–H and O–H groups in total. The number of carbonyl (C=O) groups excluding carboxylic acids is 1. The second-order valence-corrected chi connectivity index (χ2v) is 8.18. The molecule has 0 unspecified atom stereocenters. The van der Waals surface area contributed by atoms with Crippen molar-refractivity contribution < 1.29 is 4.79 Å². The lowest BCUT2D eigenvalue weighted by Gasteiger charge is -2.54. The highest BCUT2D eigenvalue weighted by Crippen LogP contribution is 2.63. The van der Waals surface area contributed by atoms with Crippen molar-refractivity contribution in [2.45, 2.75) is 58.3 Å². The Hall–Kier alpha value is -1.11. The molecule has 0 radical (unpaired) electrons. The van der Waals surface area contributed by atoms with Gasteiger partial charge in [-0.15, -0.1) is 0 Å². The second kappa shape index (κ2) is 4.94. The third-order valence-corrected chi connectivity index (χ3v) is 7.69. The van der Waals surface area contributed by atoms with Crippen LogP contribution >= 0.6 is 0 Å². The molecule has 4 aliphatic carbocycles. The molecule has 4 rings (SSSR count). The summed E-state index contributed by atoms with van der Waals surface area (Å²) in [5, 5.41) is 0. The summed E-state index contributed by atoms with van der Waals surface area (Å²) in [6.45, 7) is 10.7. The molecule has 1 heteroatoms. The summed E-state index contributed by atoms with van der Waals surface area (Å²) < 4.78 is 0. The molecule has 0 spiro atoms. The minimum Gasteiger partial charge on any atom is -0.289 e. The van der Waals surface area contributed by atoms with Crippen LogP contribution in [0.2, 0.25) is 0 Å². The van der Waals surface area contributed by atoms with Gasteiger partial charge in [-0.05, 0) is 73.3 Å². The average Bonchev–Trinajstić information content (AvgIpc) is 2.96. The van der Waals surface area contributed by atoms with Gasteiger partial charge in [-0.2, -0.15) is 0 Å². The van der Waals surface area contributed by atoms with Crippen molar-refractivity contribution in [1.82, 2.24) is 0 Å². The van der Waals surface area contributed by atoms with Crippen molar-refractivity contribution in [2.75, 3.05) is 0 Å². The van der Waals surface area contributed by atoms with Crippen molar-refractivity contribution >= 4 is 5.78 Å². The quantitative estimate of drug-likeness (QED) is 0.605. The van der Waals surface area contributed by atoms with Gasteiger partial charge in [0.25, 0.3) is 0 Å². The highest BCUT2D eigenvalue weighted by atomic mass is 16.1. The van der Waals surface area contributed by atoms with Gasteiger partial charge in [0.15, 0.2) is 5.78 Å². The zero-order valence-electron chi connectivity index (χ0n) is 13.9. The van der Waals surface area contributed by atoms with E-state index in [0.29, 0.717) is 16.9 Å². The zero-order chi connectivity index (χ0) is 15.5. The molecule has 0 aromatic rings. The fraction of sp³-hybridized carbons (Fsp3) is 0.667. The number of carbonyl (C=O) groups is 1. The largest absolute Gasteiger partial charge is 0.289 e. The van der Waals surface area contributed by atoms with Gasteiger partial charge in [0.2, 0.25) is 0 Å². The van der Waals surface area contributed by atoms with E-state index in [0.717, 1.165) is 29.7 Å². The monoisotopic (exact) mass is 296 g/mol. The van der Waals surface area contributed by atoms with Crippen LogP contribution in [-0.4, -0.2) is 5.78 Å². The predicted octanol–water partition coefficient (Wildman–Crippen LogP) is 5.24. The number of hydrogen-bond acceptors (Lipinski definition) is 1. The van der Waals surface area contributed by atoms with Gasteiger partial charge in [0.05, 0.1) is 0 Å². The summed E-state index contributed by atoms with van der Waals surface area (Å²) in [4.78, 5) is 12.1. The summed E-state index contributed by atoms with van der Waals surface area (Å²) >= 11 is 0. The normalized spacial score (nSPS) is 44.2. The fourth-order valence-electron chi connectivity index (χ4n) is 6.57.